The molecule has 3 fully saturated rings. The molecule has 0 aromatic carbocycles. The summed E-state index contributed by atoms with van der Waals surface area (Å²) in [5, 5.41) is 12.5. The van der Waals surface area contributed by atoms with Crippen molar-refractivity contribution in [2.75, 3.05) is 38.1 Å². The second-order valence-electron chi connectivity index (χ2n) is 8.21. The summed E-state index contributed by atoms with van der Waals surface area (Å²) < 4.78 is 1.70. The van der Waals surface area contributed by atoms with Gasteiger partial charge in [-0.3, -0.25) is 9.69 Å². The van der Waals surface area contributed by atoms with E-state index in [-0.39, 0.29) is 5.92 Å². The van der Waals surface area contributed by atoms with Gasteiger partial charge in [-0.05, 0) is 51.3 Å². The van der Waals surface area contributed by atoms with E-state index in [9.17, 15) is 4.79 Å². The van der Waals surface area contributed by atoms with E-state index >= 15 is 0 Å². The topological polar surface area (TPSA) is 69.9 Å². The molecule has 0 aliphatic carbocycles. The van der Waals surface area contributed by atoms with Crippen LogP contribution in [0, 0.1) is 5.92 Å². The minimum absolute atomic E-state index is 0.154. The molecular weight excluding hydrogens is 342 g/mol. The fraction of sp³-hybridized carbons (Fsp3) is 0.684. The lowest BCUT2D eigenvalue weighted by Gasteiger charge is -2.35. The van der Waals surface area contributed by atoms with E-state index in [2.05, 4.69) is 37.0 Å². The molecule has 8 heteroatoms. The van der Waals surface area contributed by atoms with Gasteiger partial charge in [-0.25, -0.2) is 0 Å². The number of anilines is 1. The third-order valence-electron chi connectivity index (χ3n) is 6.78. The van der Waals surface area contributed by atoms with Crippen LogP contribution >= 0.6 is 0 Å². The van der Waals surface area contributed by atoms with Crippen LogP contribution in [0.4, 0.5) is 5.82 Å². The van der Waals surface area contributed by atoms with Crippen LogP contribution < -0.4 is 4.90 Å². The Bertz CT molecular complexity index is 828. The van der Waals surface area contributed by atoms with Gasteiger partial charge < -0.3 is 9.80 Å². The van der Waals surface area contributed by atoms with Gasteiger partial charge in [0.2, 0.25) is 5.91 Å². The van der Waals surface area contributed by atoms with Gasteiger partial charge in [0.1, 0.15) is 12.1 Å². The first kappa shape index (κ1) is 16.9. The zero-order valence-corrected chi connectivity index (χ0v) is 15.9. The minimum atomic E-state index is 0.154. The molecule has 0 radical (unpaired) electrons. The third-order valence-corrected chi connectivity index (χ3v) is 6.78. The van der Waals surface area contributed by atoms with Crippen LogP contribution in [-0.2, 0) is 4.79 Å². The number of piperidine rings is 1. The Morgan fingerprint density at radius 2 is 1.85 bits per heavy atom. The number of likely N-dealkylation sites (N-methyl/N-ethyl adjacent to an activating group) is 1. The number of carbonyl (C=O) groups excluding carboxylic acids is 1. The van der Waals surface area contributed by atoms with Crippen LogP contribution in [0.3, 0.4) is 0 Å². The number of aromatic nitrogens is 4. The molecule has 5 rings (SSSR count). The highest BCUT2D eigenvalue weighted by molar-refractivity contribution is 5.79. The van der Waals surface area contributed by atoms with Gasteiger partial charge in [0.05, 0.1) is 0 Å². The minimum Gasteiger partial charge on any atom is -0.355 e. The van der Waals surface area contributed by atoms with E-state index in [4.69, 9.17) is 0 Å². The zero-order chi connectivity index (χ0) is 18.4. The number of hydrogen-bond acceptors (Lipinski definition) is 6. The fourth-order valence-corrected chi connectivity index (χ4v) is 5.01. The zero-order valence-electron chi connectivity index (χ0n) is 15.9. The second kappa shape index (κ2) is 6.74. The molecular formula is C19H27N7O. The predicted molar refractivity (Wildman–Crippen MR) is 101 cm³/mol. The lowest BCUT2D eigenvalue weighted by molar-refractivity contribution is -0.136. The summed E-state index contributed by atoms with van der Waals surface area (Å²) in [4.78, 5) is 20.0. The van der Waals surface area contributed by atoms with Crippen molar-refractivity contribution in [3.05, 3.63) is 18.5 Å². The van der Waals surface area contributed by atoms with Crippen LogP contribution in [0.2, 0.25) is 0 Å². The number of carbonyl (C=O) groups is 1. The van der Waals surface area contributed by atoms with Gasteiger partial charge in [-0.15, -0.1) is 15.3 Å². The summed E-state index contributed by atoms with van der Waals surface area (Å²) in [5.74, 6) is 1.46. The molecule has 5 heterocycles. The lowest BCUT2D eigenvalue weighted by atomic mass is 9.94. The van der Waals surface area contributed by atoms with Gasteiger partial charge in [-0.2, -0.15) is 4.52 Å². The first-order valence-corrected chi connectivity index (χ1v) is 10.1. The Balaban J connectivity index is 1.21. The van der Waals surface area contributed by atoms with Crippen LogP contribution in [0.5, 0.6) is 0 Å². The largest absolute Gasteiger partial charge is 0.355 e. The number of amides is 1. The number of fused-ring (bicyclic) bond motifs is 3. The number of nitrogens with zero attached hydrogens (tertiary/aromatic N) is 7. The fourth-order valence-electron chi connectivity index (χ4n) is 5.01. The van der Waals surface area contributed by atoms with Crippen LogP contribution in [-0.4, -0.2) is 80.8 Å². The van der Waals surface area contributed by atoms with Crippen molar-refractivity contribution in [3.63, 3.8) is 0 Å². The molecule has 0 spiro atoms. The van der Waals surface area contributed by atoms with E-state index < -0.39 is 0 Å². The third kappa shape index (κ3) is 3.05. The van der Waals surface area contributed by atoms with Gasteiger partial charge in [0, 0.05) is 44.2 Å². The van der Waals surface area contributed by atoms with Crippen molar-refractivity contribution in [2.24, 2.45) is 5.92 Å². The normalized spacial score (nSPS) is 27.3. The SMILES string of the molecule is CN1C2CCC1CN(C(=O)C1CCN(c3ccc4nncn4n3)CC1)CC2. The van der Waals surface area contributed by atoms with Gasteiger partial charge in [0.25, 0.3) is 0 Å². The van der Waals surface area contributed by atoms with Crippen molar-refractivity contribution in [1.29, 1.82) is 0 Å². The van der Waals surface area contributed by atoms with E-state index in [1.807, 2.05) is 12.1 Å². The van der Waals surface area contributed by atoms with Crippen molar-refractivity contribution in [1.82, 2.24) is 29.6 Å². The first-order chi connectivity index (χ1) is 13.2. The van der Waals surface area contributed by atoms with Crippen molar-refractivity contribution in [2.45, 2.75) is 44.2 Å². The van der Waals surface area contributed by atoms with Crippen LogP contribution in [0.15, 0.2) is 18.5 Å². The maximum atomic E-state index is 13.1. The Labute approximate surface area is 159 Å². The Morgan fingerprint density at radius 3 is 2.70 bits per heavy atom. The maximum Gasteiger partial charge on any atom is 0.225 e. The number of likely N-dealkylation sites (tertiary alicyclic amines) is 1. The Kier molecular flexibility index (Phi) is 4.22. The van der Waals surface area contributed by atoms with Crippen molar-refractivity contribution in [3.8, 4) is 0 Å². The smallest absolute Gasteiger partial charge is 0.225 e. The quantitative estimate of drug-likeness (QED) is 0.788. The molecule has 8 nitrogen and oxygen atoms in total. The summed E-state index contributed by atoms with van der Waals surface area (Å²) >= 11 is 0. The van der Waals surface area contributed by atoms with E-state index in [1.165, 1.54) is 12.8 Å². The van der Waals surface area contributed by atoms with Gasteiger partial charge >= 0.3 is 0 Å². The lowest BCUT2D eigenvalue weighted by Crippen LogP contribution is -2.45. The summed E-state index contributed by atoms with van der Waals surface area (Å²) in [6, 6.07) is 5.16. The molecule has 1 amide bonds. The molecule has 2 atom stereocenters. The van der Waals surface area contributed by atoms with Crippen molar-refractivity contribution >= 4 is 17.4 Å². The van der Waals surface area contributed by atoms with Crippen LogP contribution in [0.1, 0.15) is 32.1 Å². The summed E-state index contributed by atoms with van der Waals surface area (Å²) in [6.45, 7) is 3.59. The summed E-state index contributed by atoms with van der Waals surface area (Å²) in [6.07, 6.45) is 7.09. The number of hydrogen-bond donors (Lipinski definition) is 0. The molecule has 27 heavy (non-hydrogen) atoms. The molecule has 3 saturated heterocycles. The van der Waals surface area contributed by atoms with E-state index in [1.54, 1.807) is 10.8 Å². The molecule has 3 aliphatic heterocycles. The molecule has 0 N–H and O–H groups in total. The van der Waals surface area contributed by atoms with Gasteiger partial charge in [-0.1, -0.05) is 0 Å². The highest BCUT2D eigenvalue weighted by atomic mass is 16.2. The maximum absolute atomic E-state index is 13.1. The monoisotopic (exact) mass is 369 g/mol. The average molecular weight is 369 g/mol. The number of rotatable bonds is 2. The van der Waals surface area contributed by atoms with E-state index in [0.29, 0.717) is 18.0 Å². The van der Waals surface area contributed by atoms with Crippen molar-refractivity contribution < 1.29 is 4.79 Å². The summed E-state index contributed by atoms with van der Waals surface area (Å²) in [7, 11) is 2.23. The van der Waals surface area contributed by atoms with E-state index in [0.717, 1.165) is 56.9 Å². The molecule has 144 valence electrons. The molecule has 3 aliphatic rings. The Hall–Kier alpha value is -2.22. The molecule has 0 saturated carbocycles. The predicted octanol–water partition coefficient (Wildman–Crippen LogP) is 1.04. The highest BCUT2D eigenvalue weighted by Gasteiger charge is 2.38. The molecule has 2 bridgehead atoms. The Morgan fingerprint density at radius 1 is 1.04 bits per heavy atom. The molecule has 2 unspecified atom stereocenters. The highest BCUT2D eigenvalue weighted by Crippen LogP contribution is 2.30. The van der Waals surface area contributed by atoms with Gasteiger partial charge in [0.15, 0.2) is 5.65 Å². The second-order valence-corrected chi connectivity index (χ2v) is 8.21. The first-order valence-electron chi connectivity index (χ1n) is 10.1. The summed E-state index contributed by atoms with van der Waals surface area (Å²) in [5.41, 5.74) is 0.754. The molecule has 2 aromatic heterocycles. The van der Waals surface area contributed by atoms with Crippen LogP contribution in [0.25, 0.3) is 5.65 Å². The molecule has 2 aromatic rings. The standard InChI is InChI=1S/C19H27N7O/c1-23-15-2-3-16(23)12-25(11-8-15)19(27)14-6-9-24(10-7-14)18-5-4-17-21-20-13-26(17)22-18/h4-5,13-16H,2-3,6-12H2,1H3. The average Bonchev–Trinajstić information content (AvgIpc) is 3.25.